The van der Waals surface area contributed by atoms with Crippen LogP contribution >= 0.6 is 0 Å². The van der Waals surface area contributed by atoms with E-state index in [0.717, 1.165) is 6.07 Å². The van der Waals surface area contributed by atoms with Crippen LogP contribution in [0, 0.1) is 5.41 Å². The molecule has 1 fully saturated rings. The van der Waals surface area contributed by atoms with Gasteiger partial charge in [0.25, 0.3) is 0 Å². The lowest BCUT2D eigenvalue weighted by Gasteiger charge is -2.23. The average molecular weight is 303 g/mol. The third-order valence-corrected chi connectivity index (χ3v) is 3.59. The zero-order valence-electron chi connectivity index (χ0n) is 11.7. The Morgan fingerprint density at radius 3 is 2.71 bits per heavy atom. The van der Waals surface area contributed by atoms with Crippen molar-refractivity contribution in [3.8, 4) is 0 Å². The van der Waals surface area contributed by atoms with Crippen LogP contribution in [-0.2, 0) is 11.0 Å². The Labute approximate surface area is 119 Å². The van der Waals surface area contributed by atoms with E-state index in [1.54, 1.807) is 11.8 Å². The molecule has 3 N–H and O–H groups in total. The summed E-state index contributed by atoms with van der Waals surface area (Å²) in [6.45, 7) is 2.47. The second-order valence-corrected chi connectivity index (χ2v) is 5.28. The standard InChI is InChI=1S/C12H16F3N5O/c1-11(9(21)17-2)3-4-20(6-11)8-5-7(12(13,14)15)18-10(16)19-8/h5H,3-4,6H2,1-2H3,(H,17,21)(H2,16,18,19). The van der Waals surface area contributed by atoms with Crippen molar-refractivity contribution in [3.05, 3.63) is 11.8 Å². The number of carbonyl (C=O) groups excluding carboxylic acids is 1. The van der Waals surface area contributed by atoms with Gasteiger partial charge in [0.2, 0.25) is 11.9 Å². The van der Waals surface area contributed by atoms with Gasteiger partial charge in [0.05, 0.1) is 5.41 Å². The van der Waals surface area contributed by atoms with Crippen molar-refractivity contribution in [1.29, 1.82) is 0 Å². The van der Waals surface area contributed by atoms with Crippen molar-refractivity contribution in [3.63, 3.8) is 0 Å². The maximum absolute atomic E-state index is 12.7. The van der Waals surface area contributed by atoms with Crippen LogP contribution in [0.2, 0.25) is 0 Å². The zero-order valence-corrected chi connectivity index (χ0v) is 11.7. The Morgan fingerprint density at radius 1 is 1.48 bits per heavy atom. The fourth-order valence-corrected chi connectivity index (χ4v) is 2.40. The first kappa shape index (κ1) is 15.3. The number of aromatic nitrogens is 2. The molecule has 116 valence electrons. The number of nitrogens with two attached hydrogens (primary N) is 1. The molecule has 1 aliphatic heterocycles. The maximum Gasteiger partial charge on any atom is 0.433 e. The summed E-state index contributed by atoms with van der Waals surface area (Å²) in [5, 5.41) is 2.56. The van der Waals surface area contributed by atoms with Crippen molar-refractivity contribution < 1.29 is 18.0 Å². The van der Waals surface area contributed by atoms with Gasteiger partial charge >= 0.3 is 6.18 Å². The first-order valence-corrected chi connectivity index (χ1v) is 6.34. The van der Waals surface area contributed by atoms with E-state index in [4.69, 9.17) is 5.73 Å². The molecule has 1 aliphatic rings. The van der Waals surface area contributed by atoms with E-state index in [-0.39, 0.29) is 18.3 Å². The number of nitrogen functional groups attached to an aromatic ring is 1. The van der Waals surface area contributed by atoms with Gasteiger partial charge in [-0.2, -0.15) is 18.2 Å². The number of nitrogens with one attached hydrogen (secondary N) is 1. The summed E-state index contributed by atoms with van der Waals surface area (Å²) >= 11 is 0. The van der Waals surface area contributed by atoms with Gasteiger partial charge in [-0.25, -0.2) is 4.98 Å². The average Bonchev–Trinajstić information content (AvgIpc) is 2.80. The number of carbonyl (C=O) groups is 1. The van der Waals surface area contributed by atoms with Gasteiger partial charge in [-0.05, 0) is 13.3 Å². The number of anilines is 2. The maximum atomic E-state index is 12.7. The molecule has 0 aromatic carbocycles. The van der Waals surface area contributed by atoms with Crippen LogP contribution in [0.15, 0.2) is 6.07 Å². The van der Waals surface area contributed by atoms with E-state index in [9.17, 15) is 18.0 Å². The number of hydrogen-bond donors (Lipinski definition) is 2. The molecule has 2 rings (SSSR count). The molecule has 1 unspecified atom stereocenters. The molecule has 1 aromatic rings. The number of amides is 1. The lowest BCUT2D eigenvalue weighted by atomic mass is 9.89. The van der Waals surface area contributed by atoms with Crippen molar-refractivity contribution in [2.24, 2.45) is 5.41 Å². The van der Waals surface area contributed by atoms with Gasteiger partial charge < -0.3 is 16.0 Å². The number of rotatable bonds is 2. The summed E-state index contributed by atoms with van der Waals surface area (Å²) in [6, 6.07) is 0.853. The second-order valence-electron chi connectivity index (χ2n) is 5.28. The highest BCUT2D eigenvalue weighted by Crippen LogP contribution is 2.35. The van der Waals surface area contributed by atoms with Gasteiger partial charge in [0.1, 0.15) is 5.82 Å². The smallest absolute Gasteiger partial charge is 0.368 e. The quantitative estimate of drug-likeness (QED) is 0.853. The predicted molar refractivity (Wildman–Crippen MR) is 70.5 cm³/mol. The highest BCUT2D eigenvalue weighted by Gasteiger charge is 2.41. The minimum absolute atomic E-state index is 0.0856. The molecule has 1 saturated heterocycles. The van der Waals surface area contributed by atoms with Crippen molar-refractivity contribution in [2.45, 2.75) is 19.5 Å². The SMILES string of the molecule is CNC(=O)C1(C)CCN(c2cc(C(F)(F)F)nc(N)n2)C1. The third-order valence-electron chi connectivity index (χ3n) is 3.59. The highest BCUT2D eigenvalue weighted by atomic mass is 19.4. The molecule has 0 bridgehead atoms. The molecule has 21 heavy (non-hydrogen) atoms. The molecular formula is C12H16F3N5O. The summed E-state index contributed by atoms with van der Waals surface area (Å²) in [4.78, 5) is 20.5. The van der Waals surface area contributed by atoms with E-state index in [1.807, 2.05) is 0 Å². The molecule has 0 aliphatic carbocycles. The lowest BCUT2D eigenvalue weighted by molar-refractivity contribution is -0.141. The summed E-state index contributed by atoms with van der Waals surface area (Å²) in [5.41, 5.74) is 3.60. The van der Waals surface area contributed by atoms with Gasteiger partial charge in [-0.3, -0.25) is 4.79 Å². The van der Waals surface area contributed by atoms with E-state index >= 15 is 0 Å². The van der Waals surface area contributed by atoms with Crippen LogP contribution in [0.1, 0.15) is 19.0 Å². The lowest BCUT2D eigenvalue weighted by Crippen LogP contribution is -2.39. The molecular weight excluding hydrogens is 287 g/mol. The van der Waals surface area contributed by atoms with Gasteiger partial charge in [-0.15, -0.1) is 0 Å². The molecule has 0 spiro atoms. The minimum Gasteiger partial charge on any atom is -0.368 e. The molecule has 1 amide bonds. The normalized spacial score (nSPS) is 22.4. The Morgan fingerprint density at radius 2 is 2.14 bits per heavy atom. The number of alkyl halides is 3. The van der Waals surface area contributed by atoms with Crippen LogP contribution in [0.25, 0.3) is 0 Å². The van der Waals surface area contributed by atoms with Crippen molar-refractivity contribution in [2.75, 3.05) is 30.8 Å². The molecule has 1 aromatic heterocycles. The van der Waals surface area contributed by atoms with Crippen LogP contribution in [0.5, 0.6) is 0 Å². The summed E-state index contributed by atoms with van der Waals surface area (Å²) < 4.78 is 38.2. The topological polar surface area (TPSA) is 84.1 Å². The first-order chi connectivity index (χ1) is 9.65. The highest BCUT2D eigenvalue weighted by molar-refractivity contribution is 5.83. The Hall–Kier alpha value is -2.06. The monoisotopic (exact) mass is 303 g/mol. The fraction of sp³-hybridized carbons (Fsp3) is 0.583. The summed E-state index contributed by atoms with van der Waals surface area (Å²) in [7, 11) is 1.53. The number of nitrogens with zero attached hydrogens (tertiary/aromatic N) is 3. The summed E-state index contributed by atoms with van der Waals surface area (Å²) in [5.74, 6) is -0.501. The van der Waals surface area contributed by atoms with E-state index in [0.29, 0.717) is 13.0 Å². The second kappa shape index (κ2) is 5.05. The van der Waals surface area contributed by atoms with Crippen LogP contribution in [-0.4, -0.2) is 36.0 Å². The van der Waals surface area contributed by atoms with E-state index < -0.39 is 23.2 Å². The van der Waals surface area contributed by atoms with Crippen LogP contribution < -0.4 is 16.0 Å². The summed E-state index contributed by atoms with van der Waals surface area (Å²) in [6.07, 6.45) is -4.06. The van der Waals surface area contributed by atoms with Crippen LogP contribution in [0.3, 0.4) is 0 Å². The molecule has 1 atom stereocenters. The minimum atomic E-state index is -4.59. The largest absolute Gasteiger partial charge is 0.433 e. The molecule has 0 radical (unpaired) electrons. The van der Waals surface area contributed by atoms with Gasteiger partial charge in [0.15, 0.2) is 5.69 Å². The molecule has 9 heteroatoms. The molecule has 6 nitrogen and oxygen atoms in total. The number of halogens is 3. The van der Waals surface area contributed by atoms with E-state index in [1.165, 1.54) is 7.05 Å². The van der Waals surface area contributed by atoms with Crippen molar-refractivity contribution >= 4 is 17.7 Å². The third kappa shape index (κ3) is 3.01. The zero-order chi connectivity index (χ0) is 15.8. The fourth-order valence-electron chi connectivity index (χ4n) is 2.40. The number of hydrogen-bond acceptors (Lipinski definition) is 5. The Bertz CT molecular complexity index is 562. The van der Waals surface area contributed by atoms with Gasteiger partial charge in [0, 0.05) is 26.2 Å². The van der Waals surface area contributed by atoms with Crippen LogP contribution in [0.4, 0.5) is 24.9 Å². The Balaban J connectivity index is 2.28. The van der Waals surface area contributed by atoms with Crippen molar-refractivity contribution in [1.82, 2.24) is 15.3 Å². The predicted octanol–water partition coefficient (Wildman–Crippen LogP) is 1.04. The first-order valence-electron chi connectivity index (χ1n) is 6.34. The molecule has 2 heterocycles. The molecule has 0 saturated carbocycles. The van der Waals surface area contributed by atoms with E-state index in [2.05, 4.69) is 15.3 Å². The van der Waals surface area contributed by atoms with Gasteiger partial charge in [-0.1, -0.05) is 0 Å². The Kier molecular flexibility index (Phi) is 3.68.